The summed E-state index contributed by atoms with van der Waals surface area (Å²) in [5.41, 5.74) is 3.62. The number of carbonyl (C=O) groups is 4. The van der Waals surface area contributed by atoms with Crippen LogP contribution in [0.15, 0.2) is 11.1 Å². The highest BCUT2D eigenvalue weighted by molar-refractivity contribution is 6.10. The van der Waals surface area contributed by atoms with E-state index in [1.54, 1.807) is 5.57 Å². The highest BCUT2D eigenvalue weighted by atomic mass is 16.5. The van der Waals surface area contributed by atoms with Crippen molar-refractivity contribution in [3.8, 4) is 0 Å². The number of aliphatic hydroxyl groups is 1. The molecule has 2 saturated heterocycles. The van der Waals surface area contributed by atoms with Gasteiger partial charge in [0.05, 0.1) is 43.4 Å². The highest BCUT2D eigenvalue weighted by Crippen LogP contribution is 2.46. The molecule has 4 atom stereocenters. The molecule has 304 valence electrons. The van der Waals surface area contributed by atoms with Crippen LogP contribution < -0.4 is 5.32 Å². The number of allylic oxidation sites excluding steroid dienone is 2. The Morgan fingerprint density at radius 1 is 0.648 bits per heavy atom. The standard InChI is InChI=1S/C43H68N2O9/c1-2-35(29-8-4-3-5-9-29)40(30-10-14-32(46)15-11-30)31-12-16-33(17-13-31)54-27-26-52-23-6-22-51-24-7-25-53-34-18-19-36-37(28-34)43(50)45(42(36)49)38-20-21-39(47)44-41(38)48/h29-34,36-38,46H,2-28H2,1H3,(H,44,47,48)/b40-35-. The first-order chi connectivity index (χ1) is 26.3. The molecule has 11 nitrogen and oxygen atoms in total. The predicted molar refractivity (Wildman–Crippen MR) is 203 cm³/mol. The first-order valence-corrected chi connectivity index (χ1v) is 21.8. The number of nitrogens with one attached hydrogen (secondary N) is 1. The van der Waals surface area contributed by atoms with Crippen molar-refractivity contribution in [1.29, 1.82) is 0 Å². The summed E-state index contributed by atoms with van der Waals surface area (Å²) < 4.78 is 24.0. The normalized spacial score (nSPS) is 33.1. The van der Waals surface area contributed by atoms with Gasteiger partial charge in [-0.2, -0.15) is 0 Å². The maximum Gasteiger partial charge on any atom is 0.249 e. The molecule has 0 spiro atoms. The van der Waals surface area contributed by atoms with Crippen molar-refractivity contribution in [2.75, 3.05) is 39.6 Å². The molecule has 4 saturated carbocycles. The van der Waals surface area contributed by atoms with Crippen molar-refractivity contribution >= 4 is 23.6 Å². The quantitative estimate of drug-likeness (QED) is 0.0952. The van der Waals surface area contributed by atoms with Crippen LogP contribution in [0, 0.1) is 29.6 Å². The average molecular weight is 757 g/mol. The van der Waals surface area contributed by atoms with E-state index in [1.165, 1.54) is 51.4 Å². The lowest BCUT2D eigenvalue weighted by molar-refractivity contribution is -0.151. The van der Waals surface area contributed by atoms with Crippen molar-refractivity contribution in [2.24, 2.45) is 29.6 Å². The van der Waals surface area contributed by atoms with E-state index in [1.807, 2.05) is 5.57 Å². The van der Waals surface area contributed by atoms with Gasteiger partial charge in [0.25, 0.3) is 0 Å². The molecule has 0 aromatic carbocycles. The van der Waals surface area contributed by atoms with E-state index in [0.29, 0.717) is 76.8 Å². The van der Waals surface area contributed by atoms with Gasteiger partial charge in [-0.25, -0.2) is 0 Å². The van der Waals surface area contributed by atoms with Crippen molar-refractivity contribution in [3.05, 3.63) is 11.1 Å². The topological polar surface area (TPSA) is 141 Å². The second-order valence-electron chi connectivity index (χ2n) is 17.0. The van der Waals surface area contributed by atoms with Gasteiger partial charge in [0.1, 0.15) is 6.04 Å². The number of hydrogen-bond acceptors (Lipinski definition) is 9. The zero-order chi connectivity index (χ0) is 37.9. The summed E-state index contributed by atoms with van der Waals surface area (Å²) in [5, 5.41) is 12.5. The Morgan fingerprint density at radius 3 is 1.94 bits per heavy atom. The van der Waals surface area contributed by atoms with Gasteiger partial charge in [0, 0.05) is 32.8 Å². The number of likely N-dealkylation sites (tertiary alicyclic amines) is 1. The fourth-order valence-corrected chi connectivity index (χ4v) is 10.7. The van der Waals surface area contributed by atoms with Crippen LogP contribution in [0.4, 0.5) is 0 Å². The molecule has 2 aliphatic heterocycles. The monoisotopic (exact) mass is 756 g/mol. The first-order valence-electron chi connectivity index (χ1n) is 21.8. The number of piperidine rings is 1. The Balaban J connectivity index is 0.791. The first kappa shape index (κ1) is 41.5. The fourth-order valence-electron chi connectivity index (χ4n) is 10.7. The molecule has 6 aliphatic rings. The van der Waals surface area contributed by atoms with Crippen molar-refractivity contribution in [2.45, 2.75) is 166 Å². The number of carbonyl (C=O) groups excluding carboxylic acids is 4. The lowest BCUT2D eigenvalue weighted by atomic mass is 9.68. The van der Waals surface area contributed by atoms with Gasteiger partial charge in [-0.3, -0.25) is 29.4 Å². The van der Waals surface area contributed by atoms with E-state index in [0.717, 1.165) is 62.2 Å². The zero-order valence-corrected chi connectivity index (χ0v) is 32.9. The molecule has 0 bridgehead atoms. The second kappa shape index (κ2) is 20.8. The van der Waals surface area contributed by atoms with Crippen LogP contribution in [-0.4, -0.2) is 97.6 Å². The van der Waals surface area contributed by atoms with Gasteiger partial charge < -0.3 is 24.1 Å². The number of nitrogens with zero attached hydrogens (tertiary/aromatic N) is 1. The van der Waals surface area contributed by atoms with E-state index < -0.39 is 23.8 Å². The Kier molecular flexibility index (Phi) is 16.0. The van der Waals surface area contributed by atoms with Crippen LogP contribution in [0.2, 0.25) is 0 Å². The third kappa shape index (κ3) is 10.8. The second-order valence-corrected chi connectivity index (χ2v) is 17.0. The minimum Gasteiger partial charge on any atom is -0.393 e. The Labute approximate surface area is 323 Å². The number of aliphatic hydroxyl groups excluding tert-OH is 1. The molecule has 4 aliphatic carbocycles. The van der Waals surface area contributed by atoms with Gasteiger partial charge in [0.15, 0.2) is 0 Å². The van der Waals surface area contributed by atoms with Gasteiger partial charge in [-0.05, 0) is 127 Å². The lowest BCUT2D eigenvalue weighted by Gasteiger charge is -2.39. The number of ether oxygens (including phenoxy) is 4. The Morgan fingerprint density at radius 2 is 1.26 bits per heavy atom. The smallest absolute Gasteiger partial charge is 0.249 e. The molecule has 6 rings (SSSR count). The predicted octanol–water partition coefficient (Wildman–Crippen LogP) is 6.19. The van der Waals surface area contributed by atoms with E-state index in [4.69, 9.17) is 18.9 Å². The summed E-state index contributed by atoms with van der Waals surface area (Å²) >= 11 is 0. The molecule has 54 heavy (non-hydrogen) atoms. The number of hydrogen-bond donors (Lipinski definition) is 2. The SMILES string of the molecule is CC/C(=C(\C1CCC(O)CC1)C1CCC(OCCOCCCOCCCOC2CCC3C(=O)N(C4CCC(=O)NC4=O)C(=O)C3C2)CC1)C1CCCCC1. The molecule has 2 N–H and O–H groups in total. The van der Waals surface area contributed by atoms with Crippen molar-refractivity contribution < 1.29 is 43.2 Å². The third-order valence-corrected chi connectivity index (χ3v) is 13.5. The zero-order valence-electron chi connectivity index (χ0n) is 32.9. The maximum absolute atomic E-state index is 13.1. The molecule has 0 aromatic heterocycles. The summed E-state index contributed by atoms with van der Waals surface area (Å²) in [6.45, 7) is 6.02. The summed E-state index contributed by atoms with van der Waals surface area (Å²) in [6.07, 6.45) is 20.8. The molecule has 6 fully saturated rings. The summed E-state index contributed by atoms with van der Waals surface area (Å²) in [5.74, 6) is -0.213. The molecule has 2 heterocycles. The van der Waals surface area contributed by atoms with Crippen molar-refractivity contribution in [1.82, 2.24) is 10.2 Å². The molecule has 0 aromatic rings. The van der Waals surface area contributed by atoms with Gasteiger partial charge >= 0.3 is 0 Å². The third-order valence-electron chi connectivity index (χ3n) is 13.5. The highest BCUT2D eigenvalue weighted by Gasteiger charge is 2.54. The maximum atomic E-state index is 13.1. The van der Waals surface area contributed by atoms with Crippen LogP contribution in [0.25, 0.3) is 0 Å². The molecular weight excluding hydrogens is 688 g/mol. The van der Waals surface area contributed by atoms with Gasteiger partial charge in [-0.15, -0.1) is 0 Å². The molecular formula is C43H68N2O9. The molecule has 0 radical (unpaired) electrons. The summed E-state index contributed by atoms with van der Waals surface area (Å²) in [7, 11) is 0. The van der Waals surface area contributed by atoms with E-state index in [9.17, 15) is 24.3 Å². The van der Waals surface area contributed by atoms with Crippen LogP contribution in [0.3, 0.4) is 0 Å². The van der Waals surface area contributed by atoms with E-state index in [-0.39, 0.29) is 42.8 Å². The Hall–Kier alpha value is -2.18. The lowest BCUT2D eigenvalue weighted by Crippen LogP contribution is -2.54. The summed E-state index contributed by atoms with van der Waals surface area (Å²) in [4.78, 5) is 51.1. The number of imide groups is 2. The average Bonchev–Trinajstić information content (AvgIpc) is 3.43. The molecule has 11 heteroatoms. The number of rotatable bonds is 18. The number of amides is 4. The molecule has 4 amide bonds. The van der Waals surface area contributed by atoms with Crippen LogP contribution in [0.5, 0.6) is 0 Å². The van der Waals surface area contributed by atoms with Crippen molar-refractivity contribution in [3.63, 3.8) is 0 Å². The van der Waals surface area contributed by atoms with Crippen LogP contribution in [-0.2, 0) is 38.1 Å². The van der Waals surface area contributed by atoms with E-state index in [2.05, 4.69) is 12.2 Å². The summed E-state index contributed by atoms with van der Waals surface area (Å²) in [6, 6.07) is -0.885. The largest absolute Gasteiger partial charge is 0.393 e. The number of fused-ring (bicyclic) bond motifs is 1. The minimum atomic E-state index is -0.885. The molecule has 4 unspecified atom stereocenters. The van der Waals surface area contributed by atoms with Gasteiger partial charge in [-0.1, -0.05) is 37.3 Å². The van der Waals surface area contributed by atoms with Crippen LogP contribution in [0.1, 0.15) is 142 Å². The van der Waals surface area contributed by atoms with Gasteiger partial charge in [0.2, 0.25) is 23.6 Å². The Bertz CT molecular complexity index is 1280. The fraction of sp³-hybridized carbons (Fsp3) is 0.860. The van der Waals surface area contributed by atoms with E-state index >= 15 is 0 Å². The minimum absolute atomic E-state index is 0.0952. The van der Waals surface area contributed by atoms with Crippen LogP contribution >= 0.6 is 0 Å².